The summed E-state index contributed by atoms with van der Waals surface area (Å²) in [5.41, 5.74) is 1.35. The van der Waals surface area contributed by atoms with Crippen LogP contribution in [0.25, 0.3) is 0 Å². The van der Waals surface area contributed by atoms with E-state index in [4.69, 9.17) is 4.74 Å². The van der Waals surface area contributed by atoms with E-state index >= 15 is 0 Å². The molecule has 0 aliphatic carbocycles. The first-order valence-electron chi connectivity index (χ1n) is 6.63. The van der Waals surface area contributed by atoms with Crippen molar-refractivity contribution >= 4 is 11.3 Å². The van der Waals surface area contributed by atoms with Crippen LogP contribution < -0.4 is 4.74 Å². The minimum absolute atomic E-state index is 0.180. The molecule has 1 aromatic heterocycles. The van der Waals surface area contributed by atoms with Crippen LogP contribution in [0.3, 0.4) is 0 Å². The predicted octanol–water partition coefficient (Wildman–Crippen LogP) is 3.87. The molecular formula is C15H18FNO2S. The van der Waals surface area contributed by atoms with Crippen molar-refractivity contribution in [3.05, 3.63) is 45.7 Å². The molecule has 0 aliphatic rings. The standard InChI is InChI=1S/C15H18FNO2S/c1-3-4-15-17-12(9-20-15)8-19-14-6-5-11(10(2)18)7-13(14)16/h5-7,9-10,18H,3-4,8H2,1-2H3/t10-/m1/s1. The second kappa shape index (κ2) is 6.81. The summed E-state index contributed by atoms with van der Waals surface area (Å²) < 4.78 is 19.2. The first-order valence-corrected chi connectivity index (χ1v) is 7.51. The molecule has 0 fully saturated rings. The molecule has 1 N–H and O–H groups in total. The Hall–Kier alpha value is -1.46. The molecule has 1 atom stereocenters. The number of rotatable bonds is 6. The van der Waals surface area contributed by atoms with Crippen LogP contribution in [0.5, 0.6) is 5.75 Å². The van der Waals surface area contributed by atoms with Gasteiger partial charge in [-0.25, -0.2) is 9.37 Å². The molecule has 3 nitrogen and oxygen atoms in total. The lowest BCUT2D eigenvalue weighted by Gasteiger charge is -2.09. The highest BCUT2D eigenvalue weighted by Gasteiger charge is 2.09. The monoisotopic (exact) mass is 295 g/mol. The van der Waals surface area contributed by atoms with Crippen LogP contribution in [0.1, 0.15) is 42.6 Å². The van der Waals surface area contributed by atoms with E-state index in [-0.39, 0.29) is 12.4 Å². The number of nitrogens with zero attached hydrogens (tertiary/aromatic N) is 1. The van der Waals surface area contributed by atoms with Crippen molar-refractivity contribution < 1.29 is 14.2 Å². The van der Waals surface area contributed by atoms with Gasteiger partial charge >= 0.3 is 0 Å². The first-order chi connectivity index (χ1) is 9.60. The Labute approximate surface area is 122 Å². The topological polar surface area (TPSA) is 42.4 Å². The van der Waals surface area contributed by atoms with Gasteiger partial charge in [0, 0.05) is 5.38 Å². The molecule has 0 bridgehead atoms. The number of aromatic nitrogens is 1. The first kappa shape index (κ1) is 14.9. The second-order valence-electron chi connectivity index (χ2n) is 4.64. The molecule has 1 aromatic carbocycles. The summed E-state index contributed by atoms with van der Waals surface area (Å²) in [4.78, 5) is 4.42. The molecule has 2 aromatic rings. The summed E-state index contributed by atoms with van der Waals surface area (Å²) in [6, 6.07) is 4.49. The van der Waals surface area contributed by atoms with Gasteiger partial charge in [-0.3, -0.25) is 0 Å². The van der Waals surface area contributed by atoms with E-state index in [0.29, 0.717) is 5.56 Å². The van der Waals surface area contributed by atoms with Gasteiger partial charge < -0.3 is 9.84 Å². The molecule has 108 valence electrons. The Morgan fingerprint density at radius 1 is 1.45 bits per heavy atom. The average Bonchev–Trinajstić information content (AvgIpc) is 2.85. The molecule has 0 spiro atoms. The van der Waals surface area contributed by atoms with Gasteiger partial charge in [0.2, 0.25) is 0 Å². The quantitative estimate of drug-likeness (QED) is 0.879. The van der Waals surface area contributed by atoms with E-state index in [0.717, 1.165) is 23.5 Å². The summed E-state index contributed by atoms with van der Waals surface area (Å²) in [7, 11) is 0. The van der Waals surface area contributed by atoms with Crippen molar-refractivity contribution in [3.8, 4) is 5.75 Å². The molecule has 0 saturated carbocycles. The molecule has 5 heteroatoms. The second-order valence-corrected chi connectivity index (χ2v) is 5.58. The van der Waals surface area contributed by atoms with Gasteiger partial charge in [0.1, 0.15) is 6.61 Å². The van der Waals surface area contributed by atoms with Gasteiger partial charge in [0.15, 0.2) is 11.6 Å². The highest BCUT2D eigenvalue weighted by molar-refractivity contribution is 7.09. The zero-order valence-electron chi connectivity index (χ0n) is 11.6. The number of hydrogen-bond donors (Lipinski definition) is 1. The Morgan fingerprint density at radius 2 is 2.25 bits per heavy atom. The van der Waals surface area contributed by atoms with Gasteiger partial charge in [-0.15, -0.1) is 11.3 Å². The number of thiazole rings is 1. The third-order valence-corrected chi connectivity index (χ3v) is 3.83. The van der Waals surface area contributed by atoms with Crippen molar-refractivity contribution in [2.24, 2.45) is 0 Å². The van der Waals surface area contributed by atoms with Crippen molar-refractivity contribution in [1.82, 2.24) is 4.98 Å². The van der Waals surface area contributed by atoms with Gasteiger partial charge in [-0.1, -0.05) is 13.0 Å². The van der Waals surface area contributed by atoms with Crippen LogP contribution in [0.2, 0.25) is 0 Å². The number of hydrogen-bond acceptors (Lipinski definition) is 4. The van der Waals surface area contributed by atoms with Crippen molar-refractivity contribution in [2.45, 2.75) is 39.4 Å². The highest BCUT2D eigenvalue weighted by atomic mass is 32.1. The smallest absolute Gasteiger partial charge is 0.165 e. The normalized spacial score (nSPS) is 12.4. The molecule has 1 heterocycles. The maximum atomic E-state index is 13.8. The van der Waals surface area contributed by atoms with Gasteiger partial charge in [-0.05, 0) is 37.5 Å². The van der Waals surface area contributed by atoms with E-state index in [1.807, 2.05) is 5.38 Å². The number of benzene rings is 1. The summed E-state index contributed by atoms with van der Waals surface area (Å²) >= 11 is 1.60. The minimum atomic E-state index is -0.686. The third kappa shape index (κ3) is 3.77. The molecule has 0 aliphatic heterocycles. The molecular weight excluding hydrogens is 277 g/mol. The lowest BCUT2D eigenvalue weighted by molar-refractivity contribution is 0.198. The summed E-state index contributed by atoms with van der Waals surface area (Å²) in [6.45, 7) is 3.96. The van der Waals surface area contributed by atoms with Crippen LogP contribution in [-0.4, -0.2) is 10.1 Å². The Balaban J connectivity index is 1.99. The lowest BCUT2D eigenvalue weighted by Crippen LogP contribution is -2.00. The summed E-state index contributed by atoms with van der Waals surface area (Å²) in [5.74, 6) is -0.285. The fraction of sp³-hybridized carbons (Fsp3) is 0.400. The van der Waals surface area contributed by atoms with E-state index in [9.17, 15) is 9.50 Å². The lowest BCUT2D eigenvalue weighted by atomic mass is 10.1. The summed E-state index contributed by atoms with van der Waals surface area (Å²) in [5, 5.41) is 12.4. The Morgan fingerprint density at radius 3 is 2.90 bits per heavy atom. The molecule has 20 heavy (non-hydrogen) atoms. The minimum Gasteiger partial charge on any atom is -0.484 e. The van der Waals surface area contributed by atoms with Gasteiger partial charge in [0.05, 0.1) is 16.8 Å². The summed E-state index contributed by atoms with van der Waals surface area (Å²) in [6.07, 6.45) is 1.33. The zero-order valence-corrected chi connectivity index (χ0v) is 12.4. The van der Waals surface area contributed by atoms with E-state index in [2.05, 4.69) is 11.9 Å². The van der Waals surface area contributed by atoms with E-state index in [1.165, 1.54) is 12.1 Å². The molecule has 0 unspecified atom stereocenters. The van der Waals surface area contributed by atoms with Crippen LogP contribution >= 0.6 is 11.3 Å². The van der Waals surface area contributed by atoms with Gasteiger partial charge in [-0.2, -0.15) is 0 Å². The van der Waals surface area contributed by atoms with Crippen molar-refractivity contribution in [2.75, 3.05) is 0 Å². The SMILES string of the molecule is CCCc1nc(COc2ccc([C@@H](C)O)cc2F)cs1. The number of aryl methyl sites for hydroxylation is 1. The van der Waals surface area contributed by atoms with Crippen molar-refractivity contribution in [3.63, 3.8) is 0 Å². The number of halogens is 1. The molecule has 0 saturated heterocycles. The average molecular weight is 295 g/mol. The van der Waals surface area contributed by atoms with E-state index in [1.54, 1.807) is 24.3 Å². The predicted molar refractivity (Wildman–Crippen MR) is 77.5 cm³/mol. The molecule has 0 amide bonds. The maximum Gasteiger partial charge on any atom is 0.165 e. The van der Waals surface area contributed by atoms with Crippen molar-refractivity contribution in [1.29, 1.82) is 0 Å². The Bertz CT molecular complexity index is 569. The maximum absolute atomic E-state index is 13.8. The van der Waals surface area contributed by atoms with E-state index < -0.39 is 11.9 Å². The highest BCUT2D eigenvalue weighted by Crippen LogP contribution is 2.23. The number of ether oxygens (including phenoxy) is 1. The van der Waals surface area contributed by atoms with Crippen LogP contribution in [0.15, 0.2) is 23.6 Å². The van der Waals surface area contributed by atoms with Crippen LogP contribution in [0.4, 0.5) is 4.39 Å². The van der Waals surface area contributed by atoms with Crippen LogP contribution in [-0.2, 0) is 13.0 Å². The largest absolute Gasteiger partial charge is 0.484 e. The zero-order chi connectivity index (χ0) is 14.5. The fourth-order valence-corrected chi connectivity index (χ4v) is 2.67. The van der Waals surface area contributed by atoms with Crippen LogP contribution in [0, 0.1) is 5.82 Å². The number of aliphatic hydroxyl groups excluding tert-OH is 1. The fourth-order valence-electron chi connectivity index (χ4n) is 1.79. The Kier molecular flexibility index (Phi) is 5.09. The molecule has 0 radical (unpaired) electrons. The third-order valence-electron chi connectivity index (χ3n) is 2.88. The molecule has 2 rings (SSSR count). The number of aliphatic hydroxyl groups is 1. The van der Waals surface area contributed by atoms with Gasteiger partial charge in [0.25, 0.3) is 0 Å².